The summed E-state index contributed by atoms with van der Waals surface area (Å²) in [5.41, 5.74) is 1.38. The van der Waals surface area contributed by atoms with Crippen molar-refractivity contribution in [2.45, 2.75) is 59.5 Å². The predicted octanol–water partition coefficient (Wildman–Crippen LogP) is 3.29. The summed E-state index contributed by atoms with van der Waals surface area (Å²) in [5, 5.41) is 4.78. The zero-order valence-corrected chi connectivity index (χ0v) is 11.3. The van der Waals surface area contributed by atoms with Crippen LogP contribution < -0.4 is 5.32 Å². The Bertz CT molecular complexity index is 310. The number of aryl methyl sites for hydroxylation is 2. The molecule has 1 N–H and O–H groups in total. The van der Waals surface area contributed by atoms with Crippen molar-refractivity contribution in [1.82, 2.24) is 10.3 Å². The molecule has 0 amide bonds. The Hall–Kier alpha value is -0.410. The molecule has 0 radical (unpaired) electrons. The molecular weight excluding hydrogens is 204 g/mol. The van der Waals surface area contributed by atoms with E-state index in [0.29, 0.717) is 0 Å². The van der Waals surface area contributed by atoms with Crippen molar-refractivity contribution in [3.05, 3.63) is 15.6 Å². The van der Waals surface area contributed by atoms with Crippen molar-refractivity contribution < 1.29 is 0 Å². The van der Waals surface area contributed by atoms with Crippen LogP contribution in [0.1, 0.15) is 49.7 Å². The van der Waals surface area contributed by atoms with Crippen LogP contribution in [0.25, 0.3) is 0 Å². The number of thiazole rings is 1. The summed E-state index contributed by atoms with van der Waals surface area (Å²) in [4.78, 5) is 5.96. The van der Waals surface area contributed by atoms with E-state index in [-0.39, 0.29) is 5.54 Å². The van der Waals surface area contributed by atoms with Crippen molar-refractivity contribution in [2.75, 3.05) is 0 Å². The first-order valence-electron chi connectivity index (χ1n) is 5.62. The van der Waals surface area contributed by atoms with Gasteiger partial charge < -0.3 is 5.32 Å². The highest BCUT2D eigenvalue weighted by Crippen LogP contribution is 2.19. The number of hydrogen-bond acceptors (Lipinski definition) is 3. The second-order valence-corrected chi connectivity index (χ2v) is 6.14. The molecule has 0 aromatic carbocycles. The minimum absolute atomic E-state index is 0.182. The third-order valence-corrected chi connectivity index (χ3v) is 3.40. The van der Waals surface area contributed by atoms with Crippen molar-refractivity contribution >= 4 is 11.3 Å². The Labute approximate surface area is 97.1 Å². The maximum atomic E-state index is 4.58. The molecule has 1 aromatic heterocycles. The minimum Gasteiger partial charge on any atom is -0.307 e. The zero-order chi connectivity index (χ0) is 11.5. The standard InChI is InChI=1S/C12H22N2S/c1-6-7-11-14-9(2)10(15-11)8-13-12(3,4)5/h13H,6-8H2,1-5H3. The van der Waals surface area contributed by atoms with Crippen LogP contribution in [0.4, 0.5) is 0 Å². The number of nitrogens with zero attached hydrogens (tertiary/aromatic N) is 1. The monoisotopic (exact) mass is 226 g/mol. The molecule has 2 nitrogen and oxygen atoms in total. The lowest BCUT2D eigenvalue weighted by atomic mass is 10.1. The summed E-state index contributed by atoms with van der Waals surface area (Å²) in [5.74, 6) is 0. The summed E-state index contributed by atoms with van der Waals surface area (Å²) in [6.45, 7) is 11.8. The molecule has 15 heavy (non-hydrogen) atoms. The van der Waals surface area contributed by atoms with Crippen LogP contribution in [0.2, 0.25) is 0 Å². The van der Waals surface area contributed by atoms with E-state index < -0.39 is 0 Å². The van der Waals surface area contributed by atoms with E-state index in [2.05, 4.69) is 44.9 Å². The molecule has 1 rings (SSSR count). The van der Waals surface area contributed by atoms with E-state index in [1.54, 1.807) is 0 Å². The fourth-order valence-electron chi connectivity index (χ4n) is 1.32. The molecule has 3 heteroatoms. The van der Waals surface area contributed by atoms with Gasteiger partial charge in [0.05, 0.1) is 10.7 Å². The van der Waals surface area contributed by atoms with Gasteiger partial charge in [-0.1, -0.05) is 6.92 Å². The molecule has 0 unspecified atom stereocenters. The third-order valence-electron chi connectivity index (χ3n) is 2.18. The van der Waals surface area contributed by atoms with Crippen LogP contribution in [0.5, 0.6) is 0 Å². The highest BCUT2D eigenvalue weighted by Gasteiger charge is 2.12. The fraction of sp³-hybridized carbons (Fsp3) is 0.750. The first-order chi connectivity index (χ1) is 6.92. The summed E-state index contributed by atoms with van der Waals surface area (Å²) < 4.78 is 0. The molecule has 0 aliphatic rings. The lowest BCUT2D eigenvalue weighted by Gasteiger charge is -2.19. The van der Waals surface area contributed by atoms with E-state index in [0.717, 1.165) is 13.0 Å². The van der Waals surface area contributed by atoms with E-state index in [1.165, 1.54) is 22.0 Å². The summed E-state index contributed by atoms with van der Waals surface area (Å²) in [7, 11) is 0. The van der Waals surface area contributed by atoms with Crippen LogP contribution in [0.3, 0.4) is 0 Å². The van der Waals surface area contributed by atoms with Crippen LogP contribution in [-0.2, 0) is 13.0 Å². The maximum Gasteiger partial charge on any atom is 0.0931 e. The maximum absolute atomic E-state index is 4.58. The van der Waals surface area contributed by atoms with Gasteiger partial charge in [0, 0.05) is 17.0 Å². The van der Waals surface area contributed by atoms with Crippen LogP contribution in [-0.4, -0.2) is 10.5 Å². The summed E-state index contributed by atoms with van der Waals surface area (Å²) >= 11 is 1.85. The largest absolute Gasteiger partial charge is 0.307 e. The van der Waals surface area contributed by atoms with Gasteiger partial charge in [-0.05, 0) is 40.5 Å². The number of rotatable bonds is 4. The van der Waals surface area contributed by atoms with Crippen LogP contribution >= 0.6 is 11.3 Å². The normalized spacial score (nSPS) is 12.1. The van der Waals surface area contributed by atoms with Gasteiger partial charge in [0.25, 0.3) is 0 Å². The highest BCUT2D eigenvalue weighted by atomic mass is 32.1. The van der Waals surface area contributed by atoms with Gasteiger partial charge in [0.15, 0.2) is 0 Å². The molecule has 0 atom stereocenters. The lowest BCUT2D eigenvalue weighted by molar-refractivity contribution is 0.425. The Morgan fingerprint density at radius 2 is 2.00 bits per heavy atom. The van der Waals surface area contributed by atoms with Crippen LogP contribution in [0, 0.1) is 6.92 Å². The fourth-order valence-corrected chi connectivity index (χ4v) is 2.43. The molecule has 0 aliphatic carbocycles. The number of nitrogens with one attached hydrogen (secondary N) is 1. The second-order valence-electron chi connectivity index (χ2n) is 4.97. The number of hydrogen-bond donors (Lipinski definition) is 1. The van der Waals surface area contributed by atoms with Crippen LogP contribution in [0.15, 0.2) is 0 Å². The molecular formula is C12H22N2S. The summed E-state index contributed by atoms with van der Waals surface area (Å²) in [6.07, 6.45) is 2.29. The van der Waals surface area contributed by atoms with Crippen molar-refractivity contribution in [1.29, 1.82) is 0 Å². The van der Waals surface area contributed by atoms with Gasteiger partial charge in [0.1, 0.15) is 0 Å². The molecule has 0 saturated heterocycles. The first kappa shape index (κ1) is 12.7. The van der Waals surface area contributed by atoms with E-state index in [9.17, 15) is 0 Å². The number of aromatic nitrogens is 1. The average Bonchev–Trinajstić information content (AvgIpc) is 2.42. The third kappa shape index (κ3) is 4.31. The van der Waals surface area contributed by atoms with Gasteiger partial charge in [-0.25, -0.2) is 4.98 Å². The Morgan fingerprint density at radius 1 is 1.33 bits per heavy atom. The van der Waals surface area contributed by atoms with Crippen molar-refractivity contribution in [3.8, 4) is 0 Å². The molecule has 0 fully saturated rings. The second kappa shape index (κ2) is 5.08. The quantitative estimate of drug-likeness (QED) is 0.852. The predicted molar refractivity (Wildman–Crippen MR) is 67.4 cm³/mol. The first-order valence-corrected chi connectivity index (χ1v) is 6.44. The molecule has 0 aliphatic heterocycles. The van der Waals surface area contributed by atoms with Crippen molar-refractivity contribution in [2.24, 2.45) is 0 Å². The highest BCUT2D eigenvalue weighted by molar-refractivity contribution is 7.11. The molecule has 1 aromatic rings. The minimum atomic E-state index is 0.182. The average molecular weight is 226 g/mol. The molecule has 0 spiro atoms. The van der Waals surface area contributed by atoms with Gasteiger partial charge in [-0.15, -0.1) is 11.3 Å². The van der Waals surface area contributed by atoms with Gasteiger partial charge >= 0.3 is 0 Å². The Morgan fingerprint density at radius 3 is 2.53 bits per heavy atom. The van der Waals surface area contributed by atoms with Gasteiger partial charge in [-0.2, -0.15) is 0 Å². The SMILES string of the molecule is CCCc1nc(C)c(CNC(C)(C)C)s1. The van der Waals surface area contributed by atoms with E-state index in [4.69, 9.17) is 0 Å². The van der Waals surface area contributed by atoms with Gasteiger partial charge in [-0.3, -0.25) is 0 Å². The zero-order valence-electron chi connectivity index (χ0n) is 10.5. The van der Waals surface area contributed by atoms with E-state index >= 15 is 0 Å². The molecule has 0 bridgehead atoms. The topological polar surface area (TPSA) is 24.9 Å². The molecule has 1 heterocycles. The summed E-state index contributed by atoms with van der Waals surface area (Å²) in [6, 6.07) is 0. The smallest absolute Gasteiger partial charge is 0.0931 e. The Kier molecular flexibility index (Phi) is 4.29. The van der Waals surface area contributed by atoms with Gasteiger partial charge in [0.2, 0.25) is 0 Å². The molecule has 0 saturated carbocycles. The Balaban J connectivity index is 2.61. The lowest BCUT2D eigenvalue weighted by Crippen LogP contribution is -2.34. The van der Waals surface area contributed by atoms with E-state index in [1.807, 2.05) is 11.3 Å². The molecule has 86 valence electrons. The van der Waals surface area contributed by atoms with Crippen molar-refractivity contribution in [3.63, 3.8) is 0 Å².